The van der Waals surface area contributed by atoms with Gasteiger partial charge >= 0.3 is 0 Å². The lowest BCUT2D eigenvalue weighted by Gasteiger charge is -2.06. The van der Waals surface area contributed by atoms with E-state index in [-0.39, 0.29) is 0 Å². The zero-order valence-electron chi connectivity index (χ0n) is 14.1. The first-order valence-electron chi connectivity index (χ1n) is 7.70. The molecule has 3 aromatic rings. The third-order valence-electron chi connectivity index (χ3n) is 3.84. The fraction of sp³-hybridized carbons (Fsp3) is 0.158. The van der Waals surface area contributed by atoms with Gasteiger partial charge in [0.05, 0.1) is 22.0 Å². The van der Waals surface area contributed by atoms with Crippen molar-refractivity contribution in [2.75, 3.05) is 7.05 Å². The van der Waals surface area contributed by atoms with E-state index in [4.69, 9.17) is 23.2 Å². The number of rotatable bonds is 3. The van der Waals surface area contributed by atoms with E-state index in [9.17, 15) is 0 Å². The highest BCUT2D eigenvalue weighted by Crippen LogP contribution is 2.28. The predicted octanol–water partition coefficient (Wildman–Crippen LogP) is 5.55. The fourth-order valence-corrected chi connectivity index (χ4v) is 3.54. The molecule has 1 heterocycles. The second-order valence-corrected chi connectivity index (χ2v) is 7.32. The summed E-state index contributed by atoms with van der Waals surface area (Å²) in [4.78, 5) is 5.13. The molecular formula is C19H17Cl2N3S. The van der Waals surface area contributed by atoms with E-state index in [2.05, 4.69) is 42.1 Å². The number of benzene rings is 2. The highest BCUT2D eigenvalue weighted by Gasteiger charge is 2.09. The van der Waals surface area contributed by atoms with Crippen molar-refractivity contribution >= 4 is 40.8 Å². The van der Waals surface area contributed by atoms with Crippen LogP contribution in [0.1, 0.15) is 16.7 Å². The van der Waals surface area contributed by atoms with E-state index < -0.39 is 0 Å². The Morgan fingerprint density at radius 2 is 1.84 bits per heavy atom. The molecular weight excluding hydrogens is 373 g/mol. The maximum atomic E-state index is 6.17. The molecule has 0 aliphatic heterocycles. The van der Waals surface area contributed by atoms with E-state index in [0.717, 1.165) is 21.6 Å². The van der Waals surface area contributed by atoms with Crippen LogP contribution < -0.4 is 4.80 Å². The van der Waals surface area contributed by atoms with Crippen LogP contribution >= 0.6 is 34.5 Å². The number of thiazole rings is 1. The Morgan fingerprint density at radius 1 is 1.04 bits per heavy atom. The Labute approximate surface area is 160 Å². The van der Waals surface area contributed by atoms with Crippen LogP contribution in [0.25, 0.3) is 11.3 Å². The van der Waals surface area contributed by atoms with Crippen molar-refractivity contribution in [2.45, 2.75) is 13.8 Å². The average Bonchev–Trinajstić information content (AvgIpc) is 3.01. The lowest BCUT2D eigenvalue weighted by Crippen LogP contribution is -2.11. The van der Waals surface area contributed by atoms with Gasteiger partial charge in [-0.1, -0.05) is 53.0 Å². The minimum Gasteiger partial charge on any atom is -0.261 e. The lowest BCUT2D eigenvalue weighted by molar-refractivity contribution is 0.848. The van der Waals surface area contributed by atoms with Crippen LogP contribution in [0.2, 0.25) is 10.0 Å². The van der Waals surface area contributed by atoms with Gasteiger partial charge in [-0.3, -0.25) is 4.99 Å². The predicted molar refractivity (Wildman–Crippen MR) is 108 cm³/mol. The zero-order chi connectivity index (χ0) is 18.0. The van der Waals surface area contributed by atoms with Crippen LogP contribution in [-0.2, 0) is 0 Å². The maximum absolute atomic E-state index is 6.17. The summed E-state index contributed by atoms with van der Waals surface area (Å²) in [5.74, 6) is 0. The van der Waals surface area contributed by atoms with E-state index in [0.29, 0.717) is 10.0 Å². The molecule has 1 aromatic heterocycles. The molecule has 0 N–H and O–H groups in total. The second kappa shape index (κ2) is 7.56. The number of halogens is 2. The molecule has 0 unspecified atom stereocenters. The van der Waals surface area contributed by atoms with Gasteiger partial charge in [0.2, 0.25) is 4.80 Å². The molecule has 0 aliphatic carbocycles. The monoisotopic (exact) mass is 389 g/mol. The van der Waals surface area contributed by atoms with Crippen molar-refractivity contribution < 1.29 is 0 Å². The molecule has 2 aromatic carbocycles. The third-order valence-corrected chi connectivity index (χ3v) is 5.49. The largest absolute Gasteiger partial charge is 0.261 e. The minimum absolute atomic E-state index is 0.519. The minimum atomic E-state index is 0.519. The van der Waals surface area contributed by atoms with Crippen LogP contribution in [0, 0.1) is 13.8 Å². The highest BCUT2D eigenvalue weighted by molar-refractivity contribution is 7.07. The number of aryl methyl sites for hydroxylation is 2. The van der Waals surface area contributed by atoms with Crippen LogP contribution in [0.5, 0.6) is 0 Å². The first-order valence-corrected chi connectivity index (χ1v) is 9.33. The molecule has 0 atom stereocenters. The second-order valence-electron chi connectivity index (χ2n) is 5.67. The van der Waals surface area contributed by atoms with Gasteiger partial charge in [-0.2, -0.15) is 5.10 Å². The number of aromatic nitrogens is 1. The Hall–Kier alpha value is -1.88. The molecule has 0 saturated heterocycles. The van der Waals surface area contributed by atoms with Gasteiger partial charge in [-0.05, 0) is 37.1 Å². The van der Waals surface area contributed by atoms with Crippen molar-refractivity contribution in [3.8, 4) is 11.3 Å². The molecule has 0 saturated carbocycles. The molecule has 0 spiro atoms. The summed E-state index contributed by atoms with van der Waals surface area (Å²) in [5, 5.41) is 7.74. The van der Waals surface area contributed by atoms with Gasteiger partial charge in [0.25, 0.3) is 0 Å². The smallest absolute Gasteiger partial charge is 0.205 e. The quantitative estimate of drug-likeness (QED) is 0.525. The molecule has 25 heavy (non-hydrogen) atoms. The van der Waals surface area contributed by atoms with E-state index in [1.54, 1.807) is 13.1 Å². The van der Waals surface area contributed by atoms with Crippen molar-refractivity contribution in [1.82, 2.24) is 4.68 Å². The van der Waals surface area contributed by atoms with Crippen molar-refractivity contribution in [1.29, 1.82) is 0 Å². The number of hydrogen-bond acceptors (Lipinski definition) is 3. The molecule has 128 valence electrons. The first kappa shape index (κ1) is 17.9. The molecule has 3 nitrogen and oxygen atoms in total. The van der Waals surface area contributed by atoms with Gasteiger partial charge in [0, 0.05) is 18.0 Å². The summed E-state index contributed by atoms with van der Waals surface area (Å²) in [5.41, 5.74) is 5.33. The van der Waals surface area contributed by atoms with Crippen molar-refractivity contribution in [3.63, 3.8) is 0 Å². The zero-order valence-corrected chi connectivity index (χ0v) is 16.5. The summed E-state index contributed by atoms with van der Waals surface area (Å²) in [6.07, 6.45) is 1.87. The van der Waals surface area contributed by atoms with Crippen LogP contribution in [0.3, 0.4) is 0 Å². The first-order chi connectivity index (χ1) is 12.0. The van der Waals surface area contributed by atoms with E-state index >= 15 is 0 Å². The Morgan fingerprint density at radius 3 is 2.56 bits per heavy atom. The maximum Gasteiger partial charge on any atom is 0.205 e. The molecule has 0 bridgehead atoms. The lowest BCUT2D eigenvalue weighted by atomic mass is 10.1. The van der Waals surface area contributed by atoms with Gasteiger partial charge in [-0.25, -0.2) is 4.68 Å². The Kier molecular flexibility index (Phi) is 5.42. The summed E-state index contributed by atoms with van der Waals surface area (Å²) < 4.78 is 1.83. The Balaban J connectivity index is 2.09. The van der Waals surface area contributed by atoms with Gasteiger partial charge in [-0.15, -0.1) is 11.3 Å². The molecule has 0 amide bonds. The highest BCUT2D eigenvalue weighted by atomic mass is 35.5. The van der Waals surface area contributed by atoms with Crippen LogP contribution in [-0.4, -0.2) is 17.9 Å². The van der Waals surface area contributed by atoms with Crippen molar-refractivity contribution in [2.24, 2.45) is 10.1 Å². The number of nitrogens with zero attached hydrogens (tertiary/aromatic N) is 3. The number of hydrogen-bond donors (Lipinski definition) is 0. The third kappa shape index (κ3) is 3.87. The fourth-order valence-electron chi connectivity index (χ4n) is 2.44. The topological polar surface area (TPSA) is 29.6 Å². The van der Waals surface area contributed by atoms with Gasteiger partial charge < -0.3 is 0 Å². The molecule has 3 rings (SSSR count). The van der Waals surface area contributed by atoms with Crippen LogP contribution in [0.4, 0.5) is 0 Å². The van der Waals surface area contributed by atoms with E-state index in [1.165, 1.54) is 22.5 Å². The summed E-state index contributed by atoms with van der Waals surface area (Å²) in [6.45, 7) is 4.15. The van der Waals surface area contributed by atoms with E-state index in [1.807, 2.05) is 28.4 Å². The Bertz CT molecular complexity index is 1020. The molecule has 0 aliphatic rings. The van der Waals surface area contributed by atoms with Crippen LogP contribution in [0.15, 0.2) is 51.9 Å². The normalized spacial score (nSPS) is 12.3. The van der Waals surface area contributed by atoms with Gasteiger partial charge in [0.15, 0.2) is 0 Å². The summed E-state index contributed by atoms with van der Waals surface area (Å²) in [6, 6.07) is 11.9. The molecule has 0 radical (unpaired) electrons. The summed E-state index contributed by atoms with van der Waals surface area (Å²) in [7, 11) is 1.76. The van der Waals surface area contributed by atoms with Gasteiger partial charge in [0.1, 0.15) is 0 Å². The summed E-state index contributed by atoms with van der Waals surface area (Å²) >= 11 is 13.7. The molecule has 0 fully saturated rings. The molecule has 6 heteroatoms. The SMILES string of the molecule is CN=c1scc(-c2ccc(Cl)c(Cl)c2)n1N=Cc1cc(C)ccc1C. The standard InChI is InChI=1S/C19H17Cl2N3S/c1-12-4-5-13(2)15(8-12)10-23-24-18(11-25-19(24)22-3)14-6-7-16(20)17(21)9-14/h4-11H,1-3H3. The van der Waals surface area contributed by atoms with Crippen molar-refractivity contribution in [3.05, 3.63) is 73.3 Å². The average molecular weight is 390 g/mol.